The Balaban J connectivity index is 2.62. The molecular formula is C8H9N3OS. The minimum atomic E-state index is -0.183. The first-order valence-electron chi connectivity index (χ1n) is 3.63. The Labute approximate surface area is 80.4 Å². The highest BCUT2D eigenvalue weighted by atomic mass is 32.1. The standard InChI is InChI=1S/C8H9N3OS/c1-3-4-10-7(12)6-5-11-8(9-2)13-6/h1,5H,4H2,2H3,(H,9,11)(H,10,12). The number of nitrogens with one attached hydrogen (secondary N) is 2. The highest BCUT2D eigenvalue weighted by Gasteiger charge is 2.07. The maximum Gasteiger partial charge on any atom is 0.263 e. The predicted molar refractivity (Wildman–Crippen MR) is 52.8 cm³/mol. The second kappa shape index (κ2) is 4.48. The SMILES string of the molecule is C#CCNC(=O)c1cnc(NC)s1. The van der Waals surface area contributed by atoms with Gasteiger partial charge in [-0.15, -0.1) is 6.42 Å². The summed E-state index contributed by atoms with van der Waals surface area (Å²) in [4.78, 5) is 15.8. The van der Waals surface area contributed by atoms with Crippen LogP contribution in [0.1, 0.15) is 9.67 Å². The first-order chi connectivity index (χ1) is 6.27. The number of rotatable bonds is 3. The predicted octanol–water partition coefficient (Wildman–Crippen LogP) is 0.548. The Kier molecular flexibility index (Phi) is 3.29. The van der Waals surface area contributed by atoms with Crippen LogP contribution in [-0.2, 0) is 0 Å². The summed E-state index contributed by atoms with van der Waals surface area (Å²) in [7, 11) is 1.75. The van der Waals surface area contributed by atoms with E-state index < -0.39 is 0 Å². The van der Waals surface area contributed by atoms with E-state index in [9.17, 15) is 4.79 Å². The molecule has 0 unspecified atom stereocenters. The number of amides is 1. The number of nitrogens with zero attached hydrogens (tertiary/aromatic N) is 1. The van der Waals surface area contributed by atoms with Crippen molar-refractivity contribution in [2.45, 2.75) is 0 Å². The summed E-state index contributed by atoms with van der Waals surface area (Å²) < 4.78 is 0. The molecule has 68 valence electrons. The molecule has 1 amide bonds. The summed E-state index contributed by atoms with van der Waals surface area (Å²) in [6, 6.07) is 0. The Hall–Kier alpha value is -1.54. The van der Waals surface area contributed by atoms with Crippen molar-refractivity contribution in [1.82, 2.24) is 10.3 Å². The van der Waals surface area contributed by atoms with E-state index in [1.54, 1.807) is 7.05 Å². The summed E-state index contributed by atoms with van der Waals surface area (Å²) in [6.07, 6.45) is 6.51. The quantitative estimate of drug-likeness (QED) is 0.692. The fourth-order valence-corrected chi connectivity index (χ4v) is 1.40. The van der Waals surface area contributed by atoms with Crippen LogP contribution < -0.4 is 10.6 Å². The van der Waals surface area contributed by atoms with Gasteiger partial charge in [-0.3, -0.25) is 4.79 Å². The Morgan fingerprint density at radius 1 is 1.85 bits per heavy atom. The molecule has 1 rings (SSSR count). The molecular weight excluding hydrogens is 186 g/mol. The van der Waals surface area contributed by atoms with E-state index in [0.29, 0.717) is 10.0 Å². The van der Waals surface area contributed by atoms with Crippen LogP contribution in [0.3, 0.4) is 0 Å². The van der Waals surface area contributed by atoms with Gasteiger partial charge in [-0.25, -0.2) is 4.98 Å². The second-order valence-electron chi connectivity index (χ2n) is 2.17. The van der Waals surface area contributed by atoms with E-state index in [1.807, 2.05) is 0 Å². The molecule has 1 aromatic rings. The first kappa shape index (κ1) is 9.55. The van der Waals surface area contributed by atoms with Gasteiger partial charge in [-0.1, -0.05) is 17.3 Å². The van der Waals surface area contributed by atoms with Crippen LogP contribution in [0.2, 0.25) is 0 Å². The molecule has 1 heterocycles. The zero-order valence-electron chi connectivity index (χ0n) is 7.13. The van der Waals surface area contributed by atoms with Gasteiger partial charge in [-0.05, 0) is 0 Å². The number of anilines is 1. The smallest absolute Gasteiger partial charge is 0.263 e. The lowest BCUT2D eigenvalue weighted by Gasteiger charge is -1.95. The Bertz CT molecular complexity index is 339. The molecule has 2 N–H and O–H groups in total. The minimum Gasteiger partial charge on any atom is -0.365 e. The number of hydrogen-bond acceptors (Lipinski definition) is 4. The van der Waals surface area contributed by atoms with Crippen LogP contribution in [-0.4, -0.2) is 24.5 Å². The normalized spacial score (nSPS) is 8.92. The van der Waals surface area contributed by atoms with E-state index in [0.717, 1.165) is 0 Å². The third-order valence-corrected chi connectivity index (χ3v) is 2.31. The molecule has 1 aromatic heterocycles. The Morgan fingerprint density at radius 2 is 2.62 bits per heavy atom. The van der Waals surface area contributed by atoms with Crippen molar-refractivity contribution in [3.8, 4) is 12.3 Å². The van der Waals surface area contributed by atoms with Gasteiger partial charge in [0.25, 0.3) is 5.91 Å². The number of carbonyl (C=O) groups excluding carboxylic acids is 1. The van der Waals surface area contributed by atoms with Crippen LogP contribution in [0, 0.1) is 12.3 Å². The summed E-state index contributed by atoms with van der Waals surface area (Å²) in [6.45, 7) is 0.242. The molecule has 0 fully saturated rings. The highest BCUT2D eigenvalue weighted by Crippen LogP contribution is 2.16. The van der Waals surface area contributed by atoms with E-state index in [-0.39, 0.29) is 12.5 Å². The third kappa shape index (κ3) is 2.46. The second-order valence-corrected chi connectivity index (χ2v) is 3.20. The van der Waals surface area contributed by atoms with E-state index in [4.69, 9.17) is 6.42 Å². The van der Waals surface area contributed by atoms with Crippen molar-refractivity contribution in [2.24, 2.45) is 0 Å². The molecule has 0 atom stereocenters. The maximum absolute atomic E-state index is 11.3. The molecule has 13 heavy (non-hydrogen) atoms. The van der Waals surface area contributed by atoms with Gasteiger partial charge in [0.1, 0.15) is 4.88 Å². The van der Waals surface area contributed by atoms with Crippen LogP contribution in [0.25, 0.3) is 0 Å². The number of thiazole rings is 1. The number of hydrogen-bond donors (Lipinski definition) is 2. The van der Waals surface area contributed by atoms with Crippen LogP contribution >= 0.6 is 11.3 Å². The average molecular weight is 195 g/mol. The lowest BCUT2D eigenvalue weighted by molar-refractivity contribution is 0.0962. The van der Waals surface area contributed by atoms with Crippen molar-refractivity contribution in [2.75, 3.05) is 18.9 Å². The largest absolute Gasteiger partial charge is 0.365 e. The van der Waals surface area contributed by atoms with Crippen LogP contribution in [0.5, 0.6) is 0 Å². The minimum absolute atomic E-state index is 0.183. The molecule has 0 aliphatic carbocycles. The van der Waals surface area contributed by atoms with Gasteiger partial charge in [0.2, 0.25) is 0 Å². The van der Waals surface area contributed by atoms with E-state index in [1.165, 1.54) is 17.5 Å². The zero-order valence-corrected chi connectivity index (χ0v) is 7.94. The van der Waals surface area contributed by atoms with E-state index >= 15 is 0 Å². The molecule has 0 saturated heterocycles. The lowest BCUT2D eigenvalue weighted by Crippen LogP contribution is -2.22. The Morgan fingerprint density at radius 3 is 3.15 bits per heavy atom. The first-order valence-corrected chi connectivity index (χ1v) is 4.45. The zero-order chi connectivity index (χ0) is 9.68. The summed E-state index contributed by atoms with van der Waals surface area (Å²) >= 11 is 1.29. The third-order valence-electron chi connectivity index (χ3n) is 1.29. The molecule has 5 heteroatoms. The van der Waals surface area contributed by atoms with Gasteiger partial charge in [-0.2, -0.15) is 0 Å². The molecule has 0 spiro atoms. The highest BCUT2D eigenvalue weighted by molar-refractivity contribution is 7.17. The lowest BCUT2D eigenvalue weighted by atomic mass is 10.5. The van der Waals surface area contributed by atoms with Crippen molar-refractivity contribution >= 4 is 22.4 Å². The van der Waals surface area contributed by atoms with Gasteiger partial charge in [0.15, 0.2) is 5.13 Å². The van der Waals surface area contributed by atoms with Gasteiger partial charge < -0.3 is 10.6 Å². The molecule has 0 aliphatic heterocycles. The van der Waals surface area contributed by atoms with Crippen molar-refractivity contribution in [1.29, 1.82) is 0 Å². The molecule has 0 saturated carbocycles. The van der Waals surface area contributed by atoms with Gasteiger partial charge in [0.05, 0.1) is 12.7 Å². The molecule has 0 aromatic carbocycles. The van der Waals surface area contributed by atoms with E-state index in [2.05, 4.69) is 21.5 Å². The van der Waals surface area contributed by atoms with Crippen molar-refractivity contribution < 1.29 is 4.79 Å². The molecule has 0 radical (unpaired) electrons. The molecule has 4 nitrogen and oxygen atoms in total. The van der Waals surface area contributed by atoms with Crippen molar-refractivity contribution in [3.05, 3.63) is 11.1 Å². The molecule has 0 bridgehead atoms. The van der Waals surface area contributed by atoms with Gasteiger partial charge >= 0.3 is 0 Å². The number of aromatic nitrogens is 1. The topological polar surface area (TPSA) is 54.0 Å². The van der Waals surface area contributed by atoms with Crippen LogP contribution in [0.15, 0.2) is 6.20 Å². The summed E-state index contributed by atoms with van der Waals surface area (Å²) in [5.41, 5.74) is 0. The molecule has 0 aliphatic rings. The number of carbonyl (C=O) groups is 1. The monoisotopic (exact) mass is 195 g/mol. The van der Waals surface area contributed by atoms with Crippen molar-refractivity contribution in [3.63, 3.8) is 0 Å². The fourth-order valence-electron chi connectivity index (χ4n) is 0.713. The average Bonchev–Trinajstić information content (AvgIpc) is 2.62. The summed E-state index contributed by atoms with van der Waals surface area (Å²) in [5.74, 6) is 2.14. The summed E-state index contributed by atoms with van der Waals surface area (Å²) in [5, 5.41) is 6.11. The van der Waals surface area contributed by atoms with Crippen LogP contribution in [0.4, 0.5) is 5.13 Å². The van der Waals surface area contributed by atoms with Gasteiger partial charge in [0, 0.05) is 7.05 Å². The number of terminal acetylenes is 1. The maximum atomic E-state index is 11.3. The fraction of sp³-hybridized carbons (Fsp3) is 0.250.